The summed E-state index contributed by atoms with van der Waals surface area (Å²) >= 11 is 0. The molecular formula is C19H33N3O11. The van der Waals surface area contributed by atoms with Crippen LogP contribution in [0.3, 0.4) is 0 Å². The van der Waals surface area contributed by atoms with E-state index in [9.17, 15) is 24.3 Å². The molecule has 0 aromatic rings. The molecule has 1 aliphatic rings. The summed E-state index contributed by atoms with van der Waals surface area (Å²) in [4.78, 5) is 45.4. The summed E-state index contributed by atoms with van der Waals surface area (Å²) in [6, 6.07) is -0.607. The first-order valence-corrected chi connectivity index (χ1v) is 10.4. The molecule has 33 heavy (non-hydrogen) atoms. The van der Waals surface area contributed by atoms with Crippen molar-refractivity contribution in [1.82, 2.24) is 16.2 Å². The van der Waals surface area contributed by atoms with Gasteiger partial charge in [-0.05, 0) is 13.8 Å². The van der Waals surface area contributed by atoms with Gasteiger partial charge >= 0.3 is 6.09 Å². The van der Waals surface area contributed by atoms with Crippen LogP contribution in [0.2, 0.25) is 0 Å². The quantitative estimate of drug-likeness (QED) is 0.120. The molecule has 1 aliphatic heterocycles. The largest absolute Gasteiger partial charge is 0.449 e. The molecule has 0 bridgehead atoms. The molecule has 0 saturated carbocycles. The Hall–Kier alpha value is -2.36. The molecule has 14 nitrogen and oxygen atoms in total. The van der Waals surface area contributed by atoms with Crippen LogP contribution in [-0.2, 0) is 42.8 Å². The van der Waals surface area contributed by atoms with Crippen LogP contribution in [0.15, 0.2) is 0 Å². The molecule has 0 aromatic heterocycles. The van der Waals surface area contributed by atoms with Crippen LogP contribution in [0.25, 0.3) is 0 Å². The van der Waals surface area contributed by atoms with Gasteiger partial charge in [0.15, 0.2) is 18.7 Å². The monoisotopic (exact) mass is 479 g/mol. The third kappa shape index (κ3) is 9.98. The molecule has 0 aromatic carbocycles. The van der Waals surface area contributed by atoms with E-state index >= 15 is 0 Å². The van der Waals surface area contributed by atoms with Crippen molar-refractivity contribution in [3.05, 3.63) is 0 Å². The maximum Gasteiger partial charge on any atom is 0.421 e. The van der Waals surface area contributed by atoms with Gasteiger partial charge in [0.2, 0.25) is 12.2 Å². The average molecular weight is 479 g/mol. The number of carbonyl (C=O) groups excluding carboxylic acids is 4. The second-order valence-electron chi connectivity index (χ2n) is 7.01. The molecule has 1 rings (SSSR count). The fourth-order valence-corrected chi connectivity index (χ4v) is 3.17. The van der Waals surface area contributed by atoms with Gasteiger partial charge in [0.1, 0.15) is 0 Å². The molecule has 7 atom stereocenters. The van der Waals surface area contributed by atoms with E-state index < -0.39 is 49.1 Å². The second kappa shape index (κ2) is 15.5. The van der Waals surface area contributed by atoms with Crippen molar-refractivity contribution in [3.8, 4) is 0 Å². The fourth-order valence-electron chi connectivity index (χ4n) is 3.17. The molecule has 1 fully saturated rings. The zero-order valence-corrected chi connectivity index (χ0v) is 19.1. The summed E-state index contributed by atoms with van der Waals surface area (Å²) in [5.41, 5.74) is 4.83. The smallest absolute Gasteiger partial charge is 0.421 e. The van der Waals surface area contributed by atoms with Crippen molar-refractivity contribution in [2.24, 2.45) is 0 Å². The van der Waals surface area contributed by atoms with Crippen molar-refractivity contribution in [1.29, 1.82) is 0 Å². The van der Waals surface area contributed by atoms with Crippen molar-refractivity contribution >= 4 is 24.8 Å². The molecule has 0 spiro atoms. The SMILES string of the molecule is CCOC(=O)NNC[C@@H](OC(OC=O)C(C=O)OC)OC1CC(CO)O[C@@H](C)[C@H]1NC(C)=O. The van der Waals surface area contributed by atoms with Gasteiger partial charge in [0.25, 0.3) is 6.47 Å². The Labute approximate surface area is 191 Å². The summed E-state index contributed by atoms with van der Waals surface area (Å²) in [5.74, 6) is -0.325. The molecule has 0 aliphatic carbocycles. The zero-order valence-electron chi connectivity index (χ0n) is 19.1. The Morgan fingerprint density at radius 1 is 1.30 bits per heavy atom. The Morgan fingerprint density at radius 3 is 2.58 bits per heavy atom. The summed E-state index contributed by atoms with van der Waals surface area (Å²) in [7, 11) is 1.22. The molecule has 4 unspecified atom stereocenters. The third-order valence-corrected chi connectivity index (χ3v) is 4.59. The van der Waals surface area contributed by atoms with E-state index in [0.717, 1.165) is 0 Å². The number of aldehydes is 1. The normalized spacial score (nSPS) is 25.2. The molecule has 1 saturated heterocycles. The fraction of sp³-hybridized carbons (Fsp3) is 0.789. The number of hydrazine groups is 1. The Kier molecular flexibility index (Phi) is 13.4. The number of nitrogens with one attached hydrogen (secondary N) is 3. The van der Waals surface area contributed by atoms with Gasteiger partial charge in [-0.1, -0.05) is 0 Å². The minimum atomic E-state index is -1.47. The van der Waals surface area contributed by atoms with E-state index in [1.54, 1.807) is 13.8 Å². The lowest BCUT2D eigenvalue weighted by molar-refractivity contribution is -0.278. The highest BCUT2D eigenvalue weighted by atomic mass is 16.8. The van der Waals surface area contributed by atoms with Crippen LogP contribution < -0.4 is 16.2 Å². The van der Waals surface area contributed by atoms with E-state index in [-0.39, 0.29) is 38.6 Å². The molecule has 190 valence electrons. The van der Waals surface area contributed by atoms with Crippen LogP contribution in [-0.4, -0.2) is 99.8 Å². The number of hydrogen-bond donors (Lipinski definition) is 4. The number of methoxy groups -OCH3 is 1. The lowest BCUT2D eigenvalue weighted by atomic mass is 9.96. The number of hydrogen-bond acceptors (Lipinski definition) is 12. The summed E-state index contributed by atoms with van der Waals surface area (Å²) < 4.78 is 31.8. The zero-order chi connectivity index (χ0) is 24.8. The first-order valence-electron chi connectivity index (χ1n) is 10.4. The van der Waals surface area contributed by atoms with Gasteiger partial charge in [0.05, 0.1) is 44.1 Å². The Morgan fingerprint density at radius 2 is 2.03 bits per heavy atom. The standard InChI is InChI=1S/C19H33N3O11/c1-5-29-19(27)22-20-7-16(33-18(30-10-25)15(9-24)28-4)32-14-6-13(8-23)31-11(2)17(14)21-12(3)26/h9-11,13-18,20,23H,5-8H2,1-4H3,(H,21,26)(H,22,27)/t11-,13?,14?,15?,16+,17+,18?/m0/s1. The van der Waals surface area contributed by atoms with Gasteiger partial charge in [-0.2, -0.15) is 0 Å². The van der Waals surface area contributed by atoms with Crippen LogP contribution in [0, 0.1) is 0 Å². The van der Waals surface area contributed by atoms with Gasteiger partial charge in [-0.15, -0.1) is 0 Å². The second-order valence-corrected chi connectivity index (χ2v) is 7.01. The average Bonchev–Trinajstić information content (AvgIpc) is 2.76. The van der Waals surface area contributed by atoms with Crippen LogP contribution in [0.4, 0.5) is 4.79 Å². The molecule has 0 radical (unpaired) electrons. The first-order chi connectivity index (χ1) is 15.8. The summed E-state index contributed by atoms with van der Waals surface area (Å²) in [6.07, 6.45) is -5.92. The molecule has 2 amide bonds. The van der Waals surface area contributed by atoms with Crippen molar-refractivity contribution in [2.75, 3.05) is 26.9 Å². The highest BCUT2D eigenvalue weighted by Crippen LogP contribution is 2.24. The molecule has 14 heteroatoms. The van der Waals surface area contributed by atoms with Gasteiger partial charge < -0.3 is 43.6 Å². The number of amides is 2. The lowest BCUT2D eigenvalue weighted by Gasteiger charge is -2.41. The topological polar surface area (TPSA) is 180 Å². The molecular weight excluding hydrogens is 446 g/mol. The minimum Gasteiger partial charge on any atom is -0.449 e. The van der Waals surface area contributed by atoms with E-state index in [1.165, 1.54) is 14.0 Å². The Bertz CT molecular complexity index is 624. The van der Waals surface area contributed by atoms with Crippen LogP contribution in [0.1, 0.15) is 27.2 Å². The van der Waals surface area contributed by atoms with Crippen LogP contribution >= 0.6 is 0 Å². The van der Waals surface area contributed by atoms with Gasteiger partial charge in [-0.3, -0.25) is 15.0 Å². The highest BCUT2D eigenvalue weighted by molar-refractivity contribution is 5.73. The molecule has 4 N–H and O–H groups in total. The first kappa shape index (κ1) is 28.7. The third-order valence-electron chi connectivity index (χ3n) is 4.59. The lowest BCUT2D eigenvalue weighted by Crippen LogP contribution is -2.59. The van der Waals surface area contributed by atoms with Crippen molar-refractivity contribution in [3.63, 3.8) is 0 Å². The van der Waals surface area contributed by atoms with E-state index in [4.69, 9.17) is 28.4 Å². The summed E-state index contributed by atoms with van der Waals surface area (Å²) in [5, 5.41) is 12.3. The maximum atomic E-state index is 11.7. The van der Waals surface area contributed by atoms with Crippen molar-refractivity contribution in [2.45, 2.75) is 70.2 Å². The highest BCUT2D eigenvalue weighted by Gasteiger charge is 2.40. The van der Waals surface area contributed by atoms with Crippen LogP contribution in [0.5, 0.6) is 0 Å². The number of rotatable bonds is 15. The van der Waals surface area contributed by atoms with E-state index in [2.05, 4.69) is 16.2 Å². The predicted molar refractivity (Wildman–Crippen MR) is 109 cm³/mol. The molecule has 1 heterocycles. The van der Waals surface area contributed by atoms with Gasteiger partial charge in [0, 0.05) is 20.5 Å². The summed E-state index contributed by atoms with van der Waals surface area (Å²) in [6.45, 7) is 4.44. The minimum absolute atomic E-state index is 0.0833. The number of ether oxygens (including phenoxy) is 6. The number of carbonyl (C=O) groups is 4. The van der Waals surface area contributed by atoms with E-state index in [0.29, 0.717) is 6.29 Å². The number of aliphatic hydroxyl groups excluding tert-OH is 1. The Balaban J connectivity index is 3.04. The maximum absolute atomic E-state index is 11.7. The van der Waals surface area contributed by atoms with Gasteiger partial charge in [-0.25, -0.2) is 10.2 Å². The van der Waals surface area contributed by atoms with E-state index in [1.807, 2.05) is 0 Å². The predicted octanol–water partition coefficient (Wildman–Crippen LogP) is -1.65. The number of aliphatic hydroxyl groups is 1. The van der Waals surface area contributed by atoms with Crippen molar-refractivity contribution < 1.29 is 52.7 Å².